The van der Waals surface area contributed by atoms with Gasteiger partial charge in [0.15, 0.2) is 0 Å². The third-order valence-electron chi connectivity index (χ3n) is 7.74. The average Bonchev–Trinajstić information content (AvgIpc) is 3.52. The fourth-order valence-electron chi connectivity index (χ4n) is 5.56. The summed E-state index contributed by atoms with van der Waals surface area (Å²) in [5.41, 5.74) is 7.15. The number of nitrogens with one attached hydrogen (secondary N) is 2. The number of aryl methyl sites for hydroxylation is 1. The van der Waals surface area contributed by atoms with Gasteiger partial charge in [0.05, 0.1) is 17.6 Å². The molecular weight excluding hydrogens is 458 g/mol. The number of amides is 1. The van der Waals surface area contributed by atoms with Gasteiger partial charge in [-0.05, 0) is 61.1 Å². The van der Waals surface area contributed by atoms with Crippen molar-refractivity contribution >= 4 is 33.8 Å². The molecule has 3 aromatic carbocycles. The van der Waals surface area contributed by atoms with Gasteiger partial charge in [0.2, 0.25) is 11.9 Å². The van der Waals surface area contributed by atoms with Crippen molar-refractivity contribution in [3.05, 3.63) is 95.7 Å². The van der Waals surface area contributed by atoms with Crippen molar-refractivity contribution in [2.75, 3.05) is 24.5 Å². The lowest BCUT2D eigenvalue weighted by atomic mass is 9.96. The van der Waals surface area contributed by atoms with E-state index in [9.17, 15) is 4.79 Å². The average molecular weight is 492 g/mol. The zero-order valence-corrected chi connectivity index (χ0v) is 21.3. The number of imidazole rings is 1. The predicted molar refractivity (Wildman–Crippen MR) is 150 cm³/mol. The summed E-state index contributed by atoms with van der Waals surface area (Å²) in [5.74, 6) is 1.23. The van der Waals surface area contributed by atoms with E-state index in [1.807, 2.05) is 12.1 Å². The van der Waals surface area contributed by atoms with Crippen molar-refractivity contribution in [1.82, 2.24) is 19.9 Å². The number of benzene rings is 3. The van der Waals surface area contributed by atoms with Crippen LogP contribution in [0.3, 0.4) is 0 Å². The number of H-pyrrole nitrogens is 1. The zero-order valence-electron chi connectivity index (χ0n) is 21.3. The number of aromatic nitrogens is 3. The third kappa shape index (κ3) is 4.71. The summed E-state index contributed by atoms with van der Waals surface area (Å²) in [6.07, 6.45) is 4.56. The normalized spacial score (nSPS) is 14.5. The van der Waals surface area contributed by atoms with Gasteiger partial charge in [0, 0.05) is 42.7 Å². The molecule has 6 rings (SSSR count). The highest BCUT2D eigenvalue weighted by Crippen LogP contribution is 2.28. The number of nitrogens with zero attached hydrogens (tertiary/aromatic N) is 3. The summed E-state index contributed by atoms with van der Waals surface area (Å²) in [6, 6.07) is 25.2. The number of piperidine rings is 1. The van der Waals surface area contributed by atoms with Crippen molar-refractivity contribution in [2.24, 2.45) is 5.92 Å². The van der Waals surface area contributed by atoms with E-state index in [4.69, 9.17) is 4.98 Å². The van der Waals surface area contributed by atoms with Gasteiger partial charge >= 0.3 is 0 Å². The molecular formula is C31H33N5O. The summed E-state index contributed by atoms with van der Waals surface area (Å²) in [6.45, 7) is 5.27. The largest absolute Gasteiger partial charge is 0.361 e. The van der Waals surface area contributed by atoms with Gasteiger partial charge < -0.3 is 19.8 Å². The molecule has 0 radical (unpaired) electrons. The third-order valence-corrected chi connectivity index (χ3v) is 7.74. The molecule has 37 heavy (non-hydrogen) atoms. The molecule has 0 unspecified atom stereocenters. The molecule has 0 aliphatic carbocycles. The lowest BCUT2D eigenvalue weighted by molar-refractivity contribution is -0.125. The minimum atomic E-state index is 0.0495. The van der Waals surface area contributed by atoms with Gasteiger partial charge in [-0.15, -0.1) is 0 Å². The van der Waals surface area contributed by atoms with Gasteiger partial charge in [-0.2, -0.15) is 0 Å². The van der Waals surface area contributed by atoms with E-state index in [2.05, 4.69) is 93.6 Å². The molecule has 188 valence electrons. The van der Waals surface area contributed by atoms with Gasteiger partial charge in [-0.3, -0.25) is 4.79 Å². The van der Waals surface area contributed by atoms with Crippen LogP contribution in [-0.2, 0) is 17.8 Å². The van der Waals surface area contributed by atoms with Crippen LogP contribution in [0.1, 0.15) is 29.5 Å². The molecule has 0 bridgehead atoms. The summed E-state index contributed by atoms with van der Waals surface area (Å²) in [4.78, 5) is 23.7. The molecule has 3 heterocycles. The van der Waals surface area contributed by atoms with E-state index >= 15 is 0 Å². The van der Waals surface area contributed by atoms with Crippen molar-refractivity contribution < 1.29 is 4.79 Å². The van der Waals surface area contributed by atoms with Crippen LogP contribution in [0.4, 0.5) is 5.95 Å². The monoisotopic (exact) mass is 491 g/mol. The summed E-state index contributed by atoms with van der Waals surface area (Å²) in [5, 5.41) is 4.42. The Labute approximate surface area is 217 Å². The maximum absolute atomic E-state index is 13.0. The van der Waals surface area contributed by atoms with Gasteiger partial charge in [-0.25, -0.2) is 4.98 Å². The minimum absolute atomic E-state index is 0.0495. The Hall–Kier alpha value is -4.06. The van der Waals surface area contributed by atoms with Crippen LogP contribution in [0.15, 0.2) is 79.0 Å². The Balaban J connectivity index is 1.10. The summed E-state index contributed by atoms with van der Waals surface area (Å²) < 4.78 is 2.33. The lowest BCUT2D eigenvalue weighted by Crippen LogP contribution is -2.42. The van der Waals surface area contributed by atoms with Gasteiger partial charge in [0.25, 0.3) is 0 Å². The zero-order chi connectivity index (χ0) is 25.2. The smallest absolute Gasteiger partial charge is 0.223 e. The Kier molecular flexibility index (Phi) is 6.39. The number of hydrogen-bond acceptors (Lipinski definition) is 3. The van der Waals surface area contributed by atoms with Crippen LogP contribution in [-0.4, -0.2) is 40.1 Å². The van der Waals surface area contributed by atoms with Crippen LogP contribution in [0.25, 0.3) is 21.9 Å². The Bertz CT molecular complexity index is 1540. The molecule has 1 aliphatic rings. The van der Waals surface area contributed by atoms with Crippen LogP contribution in [0, 0.1) is 12.8 Å². The van der Waals surface area contributed by atoms with E-state index in [0.717, 1.165) is 61.4 Å². The Morgan fingerprint density at radius 1 is 0.973 bits per heavy atom. The van der Waals surface area contributed by atoms with E-state index in [1.165, 1.54) is 22.1 Å². The van der Waals surface area contributed by atoms with Crippen molar-refractivity contribution in [3.8, 4) is 0 Å². The molecule has 6 nitrogen and oxygen atoms in total. The topological polar surface area (TPSA) is 66.0 Å². The molecule has 1 aliphatic heterocycles. The van der Waals surface area contributed by atoms with Crippen LogP contribution in [0.2, 0.25) is 0 Å². The molecule has 1 fully saturated rings. The molecule has 5 aromatic rings. The number of aromatic amines is 1. The highest BCUT2D eigenvalue weighted by atomic mass is 16.1. The number of hydrogen-bond donors (Lipinski definition) is 2. The number of fused-ring (bicyclic) bond motifs is 2. The van der Waals surface area contributed by atoms with Gasteiger partial charge in [0.1, 0.15) is 0 Å². The van der Waals surface area contributed by atoms with E-state index < -0.39 is 0 Å². The summed E-state index contributed by atoms with van der Waals surface area (Å²) >= 11 is 0. The number of carbonyl (C=O) groups is 1. The second-order valence-corrected chi connectivity index (χ2v) is 10.1. The van der Waals surface area contributed by atoms with Crippen LogP contribution in [0.5, 0.6) is 0 Å². The maximum atomic E-state index is 13.0. The molecule has 1 saturated heterocycles. The van der Waals surface area contributed by atoms with E-state index in [0.29, 0.717) is 6.54 Å². The minimum Gasteiger partial charge on any atom is -0.361 e. The number of carbonyl (C=O) groups excluding carboxylic acids is 1. The standard InChI is InChI=1S/C31H33N5O/c1-22-8-2-3-9-25(22)21-36-29-13-7-6-12-28(29)34-31(36)35-18-15-23(16-19-35)30(37)32-17-14-24-20-33-27-11-5-4-10-26(24)27/h2-13,20,23,33H,14-19,21H2,1H3,(H,32,37). The predicted octanol–water partition coefficient (Wildman–Crippen LogP) is 5.45. The second-order valence-electron chi connectivity index (χ2n) is 10.1. The Morgan fingerprint density at radius 3 is 2.59 bits per heavy atom. The van der Waals surface area contributed by atoms with Gasteiger partial charge in [-0.1, -0.05) is 54.6 Å². The first kappa shape index (κ1) is 23.3. The maximum Gasteiger partial charge on any atom is 0.223 e. The van der Waals surface area contributed by atoms with Crippen LogP contribution < -0.4 is 10.2 Å². The Morgan fingerprint density at radius 2 is 1.73 bits per heavy atom. The first-order chi connectivity index (χ1) is 18.2. The highest BCUT2D eigenvalue weighted by Gasteiger charge is 2.27. The molecule has 1 amide bonds. The number of anilines is 1. The number of rotatable bonds is 7. The number of para-hydroxylation sites is 3. The van der Waals surface area contributed by atoms with Crippen molar-refractivity contribution in [3.63, 3.8) is 0 Å². The molecule has 2 aromatic heterocycles. The van der Waals surface area contributed by atoms with E-state index in [-0.39, 0.29) is 11.8 Å². The first-order valence-electron chi connectivity index (χ1n) is 13.2. The molecule has 0 saturated carbocycles. The molecule has 0 atom stereocenters. The fourth-order valence-corrected chi connectivity index (χ4v) is 5.56. The second kappa shape index (κ2) is 10.1. The quantitative estimate of drug-likeness (QED) is 0.318. The summed E-state index contributed by atoms with van der Waals surface area (Å²) in [7, 11) is 0. The van der Waals surface area contributed by atoms with Crippen molar-refractivity contribution in [2.45, 2.75) is 32.7 Å². The molecule has 0 spiro atoms. The highest BCUT2D eigenvalue weighted by molar-refractivity contribution is 5.83. The fraction of sp³-hybridized carbons (Fsp3) is 0.290. The van der Waals surface area contributed by atoms with E-state index in [1.54, 1.807) is 0 Å². The SMILES string of the molecule is Cc1ccccc1Cn1c(N2CCC(C(=O)NCCc3c[nH]c4ccccc34)CC2)nc2ccccc21. The molecule has 6 heteroatoms. The first-order valence-corrected chi connectivity index (χ1v) is 13.2. The lowest BCUT2D eigenvalue weighted by Gasteiger charge is -2.32. The van der Waals surface area contributed by atoms with Crippen molar-refractivity contribution in [1.29, 1.82) is 0 Å². The molecule has 2 N–H and O–H groups in total. The van der Waals surface area contributed by atoms with Crippen LogP contribution >= 0.6 is 0 Å².